The molecule has 1 rings (SSSR count). The molecule has 0 aliphatic carbocycles. The molecule has 2 atom stereocenters. The van der Waals surface area contributed by atoms with E-state index in [9.17, 15) is 17.9 Å². The molecule has 0 saturated carbocycles. The Bertz CT molecular complexity index is 499. The summed E-state index contributed by atoms with van der Waals surface area (Å²) in [7, 11) is -3.77. The van der Waals surface area contributed by atoms with Gasteiger partial charge in [0, 0.05) is 13.1 Å². The topological polar surface area (TPSA) is 108 Å². The van der Waals surface area contributed by atoms with Crippen LogP contribution in [0.1, 0.15) is 13.3 Å². The lowest BCUT2D eigenvalue weighted by molar-refractivity contribution is 0.104. The van der Waals surface area contributed by atoms with Crippen LogP contribution in [0.5, 0.6) is 0 Å². The highest BCUT2D eigenvalue weighted by molar-refractivity contribution is 7.89. The van der Waals surface area contributed by atoms with Crippen LogP contribution in [0.2, 0.25) is 0 Å². The number of likely N-dealkylation sites (tertiary alicyclic amines) is 1. The summed E-state index contributed by atoms with van der Waals surface area (Å²) >= 11 is 0. The van der Waals surface area contributed by atoms with E-state index in [1.807, 2.05) is 0 Å². The van der Waals surface area contributed by atoms with Crippen molar-refractivity contribution in [3.05, 3.63) is 12.0 Å². The second-order valence-corrected chi connectivity index (χ2v) is 6.15. The number of piperidine rings is 1. The molecule has 0 unspecified atom stereocenters. The number of halogens is 1. The number of hydrogen-bond donors (Lipinski definition) is 2. The maximum Gasteiger partial charge on any atom is 0.224 e. The lowest BCUT2D eigenvalue weighted by Gasteiger charge is -2.34. The minimum atomic E-state index is -3.77. The van der Waals surface area contributed by atoms with E-state index >= 15 is 0 Å². The maximum absolute atomic E-state index is 12.6. The second-order valence-electron chi connectivity index (χ2n) is 4.31. The Hall–Kier alpha value is -1.32. The Kier molecular flexibility index (Phi) is 5.15. The van der Waals surface area contributed by atoms with E-state index in [1.165, 1.54) is 11.8 Å². The van der Waals surface area contributed by atoms with E-state index < -0.39 is 27.2 Å². The van der Waals surface area contributed by atoms with E-state index in [4.69, 9.17) is 5.14 Å². The van der Waals surface area contributed by atoms with Gasteiger partial charge in [0.1, 0.15) is 5.83 Å². The van der Waals surface area contributed by atoms with Crippen LogP contribution in [0.4, 0.5) is 4.39 Å². The van der Waals surface area contributed by atoms with Crippen LogP contribution in [-0.2, 0) is 10.0 Å². The number of nitrogens with zero attached hydrogens (tertiary/aromatic N) is 3. The number of hydrogen-bond acceptors (Lipinski definition) is 4. The first-order valence-electron chi connectivity index (χ1n) is 5.55. The number of allylic oxidation sites excluding steroid dienone is 1. The highest BCUT2D eigenvalue weighted by atomic mass is 32.2. The van der Waals surface area contributed by atoms with Crippen molar-refractivity contribution in [2.24, 2.45) is 15.1 Å². The smallest absolute Gasteiger partial charge is 0.224 e. The number of rotatable bonds is 2. The number of nitrogens with two attached hydrogens (primary N) is 1. The second kappa shape index (κ2) is 6.22. The fraction of sp³-hybridized carbons (Fsp3) is 0.600. The quantitative estimate of drug-likeness (QED) is 0.533. The van der Waals surface area contributed by atoms with Gasteiger partial charge in [0.15, 0.2) is 0 Å². The lowest BCUT2D eigenvalue weighted by atomic mass is 10.1. The standard InChI is InChI=1S/C10H17FN4O3S/c1-7(11)4-14-10(13-2)15-5-8(16)3-9(6-15)19(12,17)18/h4,8-9,16H,2-3,5-6H2,1H3,(H2,12,17,18)/b7-4+,14-10?/t8-,9+/m1/s1. The Balaban J connectivity index is 2.95. The molecule has 1 saturated heterocycles. The normalized spacial score (nSPS) is 26.4. The third-order valence-electron chi connectivity index (χ3n) is 2.64. The Labute approximate surface area is 111 Å². The molecule has 1 aliphatic rings. The number of sulfonamides is 1. The minimum absolute atomic E-state index is 0.0346. The number of aliphatic hydroxyl groups is 1. The summed E-state index contributed by atoms with van der Waals surface area (Å²) in [6, 6.07) is 0. The van der Waals surface area contributed by atoms with Crippen LogP contribution < -0.4 is 5.14 Å². The van der Waals surface area contributed by atoms with E-state index in [1.54, 1.807) is 0 Å². The average molecular weight is 292 g/mol. The van der Waals surface area contributed by atoms with Crippen LogP contribution in [0.25, 0.3) is 0 Å². The van der Waals surface area contributed by atoms with Gasteiger partial charge < -0.3 is 10.0 Å². The zero-order valence-electron chi connectivity index (χ0n) is 10.5. The third-order valence-corrected chi connectivity index (χ3v) is 3.91. The van der Waals surface area contributed by atoms with Crippen LogP contribution in [0, 0.1) is 0 Å². The molecule has 7 nitrogen and oxygen atoms in total. The number of guanidine groups is 1. The fourth-order valence-corrected chi connectivity index (χ4v) is 2.68. The average Bonchev–Trinajstić information content (AvgIpc) is 2.27. The zero-order valence-corrected chi connectivity index (χ0v) is 11.3. The monoisotopic (exact) mass is 292 g/mol. The molecule has 0 amide bonds. The predicted molar refractivity (Wildman–Crippen MR) is 70.9 cm³/mol. The molecule has 3 N–H and O–H groups in total. The SMILES string of the molecule is C=NC(=N/C=C(\C)F)N1C[C@H](O)C[C@H](S(N)(=O)=O)C1. The van der Waals surface area contributed by atoms with Crippen molar-refractivity contribution >= 4 is 22.7 Å². The summed E-state index contributed by atoms with van der Waals surface area (Å²) in [4.78, 5) is 8.76. The van der Waals surface area contributed by atoms with Gasteiger partial charge in [-0.15, -0.1) is 0 Å². The number of primary sulfonamides is 1. The third kappa shape index (κ3) is 4.69. The molecule has 108 valence electrons. The molecule has 19 heavy (non-hydrogen) atoms. The van der Waals surface area contributed by atoms with Gasteiger partial charge in [-0.2, -0.15) is 0 Å². The molecular weight excluding hydrogens is 275 g/mol. The van der Waals surface area contributed by atoms with Crippen molar-refractivity contribution in [3.8, 4) is 0 Å². The van der Waals surface area contributed by atoms with Crippen LogP contribution in [-0.4, -0.2) is 55.5 Å². The maximum atomic E-state index is 12.6. The van der Waals surface area contributed by atoms with Crippen molar-refractivity contribution in [3.63, 3.8) is 0 Å². The van der Waals surface area contributed by atoms with Gasteiger partial charge in [0.05, 0.1) is 17.6 Å². The molecule has 1 aliphatic heterocycles. The minimum Gasteiger partial charge on any atom is -0.391 e. The summed E-state index contributed by atoms with van der Waals surface area (Å²) in [5.74, 6) is -0.480. The summed E-state index contributed by atoms with van der Waals surface area (Å²) in [5, 5.41) is 13.8. The van der Waals surface area contributed by atoms with E-state index in [0.717, 1.165) is 6.20 Å². The lowest BCUT2D eigenvalue weighted by Crippen LogP contribution is -2.51. The van der Waals surface area contributed by atoms with Gasteiger partial charge in [0.25, 0.3) is 0 Å². The highest BCUT2D eigenvalue weighted by Gasteiger charge is 2.33. The molecule has 0 aromatic carbocycles. The van der Waals surface area contributed by atoms with Gasteiger partial charge in [-0.25, -0.2) is 27.9 Å². The molecule has 9 heteroatoms. The van der Waals surface area contributed by atoms with E-state index in [0.29, 0.717) is 0 Å². The Morgan fingerprint density at radius 1 is 1.58 bits per heavy atom. The summed E-state index contributed by atoms with van der Waals surface area (Å²) in [5.41, 5.74) is 0. The molecule has 1 fully saturated rings. The first-order valence-corrected chi connectivity index (χ1v) is 7.16. The summed E-state index contributed by atoms with van der Waals surface area (Å²) < 4.78 is 35.3. The number of aliphatic imine (C=N–C) groups is 2. The van der Waals surface area contributed by atoms with Crippen LogP contribution in [0.3, 0.4) is 0 Å². The molecule has 0 aromatic rings. The highest BCUT2D eigenvalue weighted by Crippen LogP contribution is 2.17. The first kappa shape index (κ1) is 15.7. The molecule has 0 bridgehead atoms. The molecule has 0 aromatic heterocycles. The van der Waals surface area contributed by atoms with Gasteiger partial charge in [0.2, 0.25) is 16.0 Å². The predicted octanol–water partition coefficient (Wildman–Crippen LogP) is -0.402. The van der Waals surface area contributed by atoms with Crippen LogP contribution in [0.15, 0.2) is 22.0 Å². The van der Waals surface area contributed by atoms with Crippen molar-refractivity contribution in [1.29, 1.82) is 0 Å². The van der Waals surface area contributed by atoms with Crippen molar-refractivity contribution in [2.45, 2.75) is 24.7 Å². The van der Waals surface area contributed by atoms with E-state index in [-0.39, 0.29) is 25.5 Å². The molecule has 0 spiro atoms. The molecule has 1 heterocycles. The molecular formula is C10H17FN4O3S. The van der Waals surface area contributed by atoms with Crippen molar-refractivity contribution in [1.82, 2.24) is 4.90 Å². The summed E-state index contributed by atoms with van der Waals surface area (Å²) in [6.45, 7) is 4.68. The largest absolute Gasteiger partial charge is 0.391 e. The van der Waals surface area contributed by atoms with Crippen molar-refractivity contribution in [2.75, 3.05) is 13.1 Å². The molecule has 0 radical (unpaired) electrons. The van der Waals surface area contributed by atoms with Gasteiger partial charge in [-0.3, -0.25) is 0 Å². The first-order chi connectivity index (χ1) is 8.74. The Morgan fingerprint density at radius 2 is 2.21 bits per heavy atom. The van der Waals surface area contributed by atoms with Crippen molar-refractivity contribution < 1.29 is 17.9 Å². The fourth-order valence-electron chi connectivity index (χ4n) is 1.80. The Morgan fingerprint density at radius 3 is 2.68 bits per heavy atom. The number of aliphatic hydroxyl groups excluding tert-OH is 1. The van der Waals surface area contributed by atoms with Crippen LogP contribution >= 0.6 is 0 Å². The summed E-state index contributed by atoms with van der Waals surface area (Å²) in [6.07, 6.45) is 0.119. The van der Waals surface area contributed by atoms with Gasteiger partial charge in [-0.1, -0.05) is 0 Å². The van der Waals surface area contributed by atoms with E-state index in [2.05, 4.69) is 16.7 Å². The van der Waals surface area contributed by atoms with Gasteiger partial charge in [-0.05, 0) is 20.1 Å². The zero-order chi connectivity index (χ0) is 14.6. The number of β-amino-alcohol motifs (C(OH)–C–C–N with tert-alkyl or cyclic N) is 1. The van der Waals surface area contributed by atoms with Gasteiger partial charge >= 0.3 is 0 Å².